The van der Waals surface area contributed by atoms with Gasteiger partial charge in [-0.25, -0.2) is 14.6 Å². The molecule has 1 aromatic carbocycles. The van der Waals surface area contributed by atoms with Gasteiger partial charge in [-0.05, 0) is 75.8 Å². The lowest BCUT2D eigenvalue weighted by atomic mass is 9.98. The number of nitrogens with two attached hydrogens (primary N) is 1. The largest absolute Gasteiger partial charge is 0.458 e. The Labute approximate surface area is 526 Å². The van der Waals surface area contributed by atoms with Gasteiger partial charge in [0.2, 0.25) is 52.7 Å². The Balaban J connectivity index is 1.33. The second kappa shape index (κ2) is 27.6. The van der Waals surface area contributed by atoms with Gasteiger partial charge in [0.1, 0.15) is 71.8 Å². The zero-order chi connectivity index (χ0) is 67.8. The summed E-state index contributed by atoms with van der Waals surface area (Å²) < 4.78 is 18.2. The first kappa shape index (κ1) is 69.4. The van der Waals surface area contributed by atoms with Gasteiger partial charge < -0.3 is 70.3 Å². The van der Waals surface area contributed by atoms with Crippen molar-refractivity contribution in [3.8, 4) is 11.5 Å². The number of aryl methyl sites for hydroxylation is 1. The number of aromatic nitrogens is 1. The van der Waals surface area contributed by atoms with E-state index in [2.05, 4.69) is 21.3 Å². The van der Waals surface area contributed by atoms with Crippen molar-refractivity contribution in [2.24, 2.45) is 23.7 Å². The van der Waals surface area contributed by atoms with Gasteiger partial charge in [-0.15, -0.1) is 0 Å². The minimum absolute atomic E-state index is 0.0979. The number of rotatable bonds is 8. The van der Waals surface area contributed by atoms with Crippen LogP contribution >= 0.6 is 0 Å². The van der Waals surface area contributed by atoms with E-state index in [0.29, 0.717) is 12.0 Å². The fraction of sp³-hybridized carbons (Fsp3) is 0.597. The molecule has 1 aliphatic carbocycles. The molecule has 5 heterocycles. The molecule has 91 heavy (non-hydrogen) atoms. The summed E-state index contributed by atoms with van der Waals surface area (Å²) in [4.78, 5) is 212. The van der Waals surface area contributed by atoms with Crippen LogP contribution in [0.1, 0.15) is 120 Å². The molecule has 29 heteroatoms. The molecule has 4 unspecified atom stereocenters. The molecule has 0 saturated carbocycles. The van der Waals surface area contributed by atoms with Crippen molar-refractivity contribution in [2.45, 2.75) is 163 Å². The number of cyclic esters (lactones) is 2. The summed E-state index contributed by atoms with van der Waals surface area (Å²) in [6.07, 6.45) is -2.83. The predicted molar refractivity (Wildman–Crippen MR) is 326 cm³/mol. The highest BCUT2D eigenvalue weighted by Gasteiger charge is 2.48. The van der Waals surface area contributed by atoms with Crippen molar-refractivity contribution >= 4 is 93.6 Å². The van der Waals surface area contributed by atoms with Crippen molar-refractivity contribution in [3.63, 3.8) is 0 Å². The first-order valence-electron chi connectivity index (χ1n) is 30.4. The minimum atomic E-state index is -1.96. The van der Waals surface area contributed by atoms with Gasteiger partial charge in [-0.3, -0.25) is 57.5 Å². The third-order valence-electron chi connectivity index (χ3n) is 17.4. The first-order valence-corrected chi connectivity index (χ1v) is 30.4. The Morgan fingerprint density at radius 1 is 0.626 bits per heavy atom. The number of esters is 2. The molecule has 7 rings (SSSR count). The topological polar surface area (TPSA) is 377 Å². The monoisotopic (exact) mass is 1270 g/mol. The average Bonchev–Trinajstić information content (AvgIpc) is 1.68. The number of likely N-dealkylation sites (N-methyl/N-ethyl adjacent to an activating group) is 4. The molecule has 10 atom stereocenters. The van der Waals surface area contributed by atoms with Crippen LogP contribution < -0.4 is 32.4 Å². The summed E-state index contributed by atoms with van der Waals surface area (Å²) in [7, 11) is 5.41. The third kappa shape index (κ3) is 14.0. The lowest BCUT2D eigenvalue weighted by Crippen LogP contribution is -2.61. The molecule has 29 nitrogen and oxygen atoms in total. The normalized spacial score (nSPS) is 26.1. The Bertz CT molecular complexity index is 3510. The summed E-state index contributed by atoms with van der Waals surface area (Å²) in [5, 5.41) is 10.5. The number of nitrogen functional groups attached to an aromatic ring is 1. The number of benzene rings is 2. The van der Waals surface area contributed by atoms with E-state index < -0.39 is 203 Å². The molecule has 4 saturated heterocycles. The van der Waals surface area contributed by atoms with Crippen LogP contribution in [0.15, 0.2) is 21.3 Å². The van der Waals surface area contributed by atoms with E-state index in [1.165, 1.54) is 70.9 Å². The maximum atomic E-state index is 15.2. The number of Topliss-reactive ketones (excluding diaryl/α,β-unsaturated/α-hetero) is 1. The number of hydrogen-bond acceptors (Lipinski definition) is 19. The van der Waals surface area contributed by atoms with Crippen molar-refractivity contribution in [1.82, 2.24) is 55.7 Å². The first-order chi connectivity index (χ1) is 42.5. The van der Waals surface area contributed by atoms with Crippen LogP contribution in [-0.2, 0) is 62.2 Å². The van der Waals surface area contributed by atoms with E-state index in [4.69, 9.17) is 24.6 Å². The highest BCUT2D eigenvalue weighted by molar-refractivity contribution is 6.11. The number of ether oxygens (including phenoxy) is 2. The summed E-state index contributed by atoms with van der Waals surface area (Å²) in [5.41, 5.74) is 3.31. The van der Waals surface area contributed by atoms with Crippen molar-refractivity contribution in [3.05, 3.63) is 44.6 Å². The van der Waals surface area contributed by atoms with Crippen LogP contribution in [0.3, 0.4) is 0 Å². The lowest BCUT2D eigenvalue weighted by molar-refractivity contribution is -0.163. The number of carbonyl (C=O) groups is 13. The SMILES string of the molecule is Cc1c2oc3c(C)ccc(C(=O)NC4C(=O)NC(C(C)C)C(=O)N5CCC[C@H]5C(=O)N(C)CC(=O)N(C)[C@@H](C(C)C)C(=O)O[C@@H]4C)c3nc-2c(C(=O)NC2C(=O)NC(C(C)C)C(=O)N3CC(=O)C[C@H]3C(=O)N(C)CC(=O)N(C)[C@@H](C(C)C)C(=O)O[C@@H]2C)c(N)c1=O. The predicted octanol–water partition coefficient (Wildman–Crippen LogP) is -0.0954. The molecule has 0 radical (unpaired) electrons. The smallest absolute Gasteiger partial charge is 0.329 e. The second-order valence-corrected chi connectivity index (χ2v) is 25.6. The number of nitrogens with one attached hydrogen (secondary N) is 4. The van der Waals surface area contributed by atoms with Gasteiger partial charge in [0.15, 0.2) is 17.1 Å². The lowest BCUT2D eigenvalue weighted by Gasteiger charge is -2.36. The number of anilines is 1. The maximum absolute atomic E-state index is 15.2. The van der Waals surface area contributed by atoms with Crippen molar-refractivity contribution in [2.75, 3.05) is 60.1 Å². The van der Waals surface area contributed by atoms with E-state index in [1.807, 2.05) is 0 Å². The molecular weight excluding hydrogens is 1180 g/mol. The number of carbonyl (C=O) groups excluding carboxylic acids is 13. The Morgan fingerprint density at radius 2 is 1.10 bits per heavy atom. The van der Waals surface area contributed by atoms with E-state index in [0.717, 1.165) is 19.6 Å². The minimum Gasteiger partial charge on any atom is -0.458 e. The van der Waals surface area contributed by atoms with Crippen molar-refractivity contribution < 1.29 is 76.2 Å². The second-order valence-electron chi connectivity index (χ2n) is 25.6. The fourth-order valence-electron chi connectivity index (χ4n) is 12.1. The average molecular weight is 1270 g/mol. The molecule has 6 N–H and O–H groups in total. The summed E-state index contributed by atoms with van der Waals surface area (Å²) in [6.45, 7) is 17.2. The molecular formula is C62H84N12O17. The maximum Gasteiger partial charge on any atom is 0.329 e. The van der Waals surface area contributed by atoms with E-state index in [-0.39, 0.29) is 47.4 Å². The molecule has 6 aliphatic rings. The molecule has 494 valence electrons. The van der Waals surface area contributed by atoms with Crippen LogP contribution in [0, 0.1) is 37.5 Å². The van der Waals surface area contributed by atoms with Gasteiger partial charge in [-0.2, -0.15) is 0 Å². The summed E-state index contributed by atoms with van der Waals surface area (Å²) in [6, 6.07) is -8.65. The van der Waals surface area contributed by atoms with Gasteiger partial charge in [-0.1, -0.05) is 61.5 Å². The quantitative estimate of drug-likeness (QED) is 0.112. The molecule has 1 aromatic rings. The molecule has 0 aromatic heterocycles. The van der Waals surface area contributed by atoms with Crippen LogP contribution in [0.25, 0.3) is 22.6 Å². The summed E-state index contributed by atoms with van der Waals surface area (Å²) in [5.74, 6) is -13.8. The van der Waals surface area contributed by atoms with Crippen LogP contribution in [0.5, 0.6) is 0 Å². The van der Waals surface area contributed by atoms with Crippen molar-refractivity contribution in [1.29, 1.82) is 0 Å². The van der Waals surface area contributed by atoms with E-state index in [9.17, 15) is 57.5 Å². The van der Waals surface area contributed by atoms with Crippen LogP contribution in [0.2, 0.25) is 0 Å². The zero-order valence-electron chi connectivity index (χ0n) is 54.3. The number of hydrogen-bond donors (Lipinski definition) is 5. The standard InChI is InChI=1S/C62H84N12O17/c1-26(2)42-59(85)73-21-17-18-36(73)57(83)69(13)24-38(76)71(15)48(28(5)6)61(87)89-32(11)44(55(81)65-42)67-53(79)35-20-19-30(9)51-46(35)64-47-40(41(63)50(78)31(10)52(47)91-51)54(80)68-45-33(12)90-62(88)49(29(7)8)72(16)39(77)25-70(14)58(84)37-22-34(75)23-74(37)60(86)43(27(3)4)66-56(45)82/h19-20,26-29,32-33,36-37,42-45,48-49H,17-18,21-25,63H2,1-16H3,(H,65,81)(H,66,82)(H,67,79)(H,68,80)/t32-,33-,36+,37+,42?,43?,44?,45?,48+,49+/m1/s1. The number of nitrogens with zero attached hydrogens (tertiary/aromatic N) is 7. The Morgan fingerprint density at radius 3 is 1.58 bits per heavy atom. The van der Waals surface area contributed by atoms with Crippen LogP contribution in [0.4, 0.5) is 5.69 Å². The molecule has 5 aliphatic heterocycles. The highest BCUT2D eigenvalue weighted by Crippen LogP contribution is 2.35. The fourth-order valence-corrected chi connectivity index (χ4v) is 12.1. The molecule has 10 amide bonds. The number of amides is 10. The van der Waals surface area contributed by atoms with E-state index in [1.54, 1.807) is 62.3 Å². The van der Waals surface area contributed by atoms with Gasteiger partial charge >= 0.3 is 11.9 Å². The number of ketones is 1. The molecule has 0 bridgehead atoms. The number of fused-ring (bicyclic) bond motifs is 4. The highest BCUT2D eigenvalue weighted by atomic mass is 16.6. The van der Waals surface area contributed by atoms with Gasteiger partial charge in [0.25, 0.3) is 11.8 Å². The third-order valence-corrected chi connectivity index (χ3v) is 17.4. The Kier molecular flexibility index (Phi) is 21.0. The van der Waals surface area contributed by atoms with E-state index >= 15 is 9.59 Å². The van der Waals surface area contributed by atoms with Gasteiger partial charge in [0.05, 0.1) is 36.4 Å². The van der Waals surface area contributed by atoms with Crippen LogP contribution in [-0.4, -0.2) is 226 Å². The molecule has 4 fully saturated rings. The zero-order valence-corrected chi connectivity index (χ0v) is 54.3. The van der Waals surface area contributed by atoms with Gasteiger partial charge in [0, 0.05) is 46.7 Å². The molecule has 0 spiro atoms. The summed E-state index contributed by atoms with van der Waals surface area (Å²) >= 11 is 0. The Hall–Kier alpha value is -9.05.